The van der Waals surface area contributed by atoms with E-state index >= 15 is 0 Å². The molecule has 1 saturated heterocycles. The van der Waals surface area contributed by atoms with Gasteiger partial charge in [0, 0.05) is 36.1 Å². The van der Waals surface area contributed by atoms with Crippen LogP contribution in [0, 0.1) is 5.41 Å². The van der Waals surface area contributed by atoms with Crippen LogP contribution in [-0.2, 0) is 19.6 Å². The van der Waals surface area contributed by atoms with Crippen molar-refractivity contribution in [3.8, 4) is 22.5 Å². The average Bonchev–Trinajstić information content (AvgIpc) is 3.55. The fourth-order valence-corrected chi connectivity index (χ4v) is 5.15. The summed E-state index contributed by atoms with van der Waals surface area (Å²) in [7, 11) is 0. The molecule has 6 heterocycles. The van der Waals surface area contributed by atoms with Crippen LogP contribution in [0.25, 0.3) is 28.2 Å². The van der Waals surface area contributed by atoms with Gasteiger partial charge in [-0.15, -0.1) is 0 Å². The molecule has 1 fully saturated rings. The molecule has 0 saturated carbocycles. The Morgan fingerprint density at radius 2 is 2.09 bits per heavy atom. The van der Waals surface area contributed by atoms with Gasteiger partial charge in [-0.25, -0.2) is 18.7 Å². The topological polar surface area (TPSA) is 92.3 Å². The highest BCUT2D eigenvalue weighted by molar-refractivity contribution is 5.73. The third-order valence-corrected chi connectivity index (χ3v) is 6.92. The van der Waals surface area contributed by atoms with Crippen LogP contribution in [0.3, 0.4) is 0 Å². The van der Waals surface area contributed by atoms with Crippen molar-refractivity contribution in [1.29, 1.82) is 0 Å². The van der Waals surface area contributed by atoms with E-state index < -0.39 is 12.0 Å². The lowest BCUT2D eigenvalue weighted by atomic mass is 9.89. The van der Waals surface area contributed by atoms with Gasteiger partial charge in [0.05, 0.1) is 36.9 Å². The van der Waals surface area contributed by atoms with Gasteiger partial charge in [0.25, 0.3) is 5.92 Å². The number of nitrogens with zero attached hydrogens (tertiary/aromatic N) is 5. The molecule has 0 radical (unpaired) electrons. The predicted molar refractivity (Wildman–Crippen MR) is 128 cm³/mol. The van der Waals surface area contributed by atoms with Crippen molar-refractivity contribution >= 4 is 11.5 Å². The summed E-state index contributed by atoms with van der Waals surface area (Å²) in [5.41, 5.74) is 5.96. The summed E-state index contributed by atoms with van der Waals surface area (Å²) in [5.74, 6) is -2.45. The molecular formula is C25H27F2N7O. The molecule has 3 N–H and O–H groups in total. The lowest BCUT2D eigenvalue weighted by Gasteiger charge is -2.20. The molecule has 8 nitrogen and oxygen atoms in total. The Bertz CT molecular complexity index is 1420. The number of imidazole rings is 1. The fraction of sp³-hybridized carbons (Fsp3) is 0.400. The van der Waals surface area contributed by atoms with Crippen molar-refractivity contribution in [2.24, 2.45) is 5.41 Å². The number of aromatic nitrogens is 5. The van der Waals surface area contributed by atoms with Gasteiger partial charge in [-0.05, 0) is 35.6 Å². The molecular weight excluding hydrogens is 452 g/mol. The van der Waals surface area contributed by atoms with Crippen LogP contribution in [0.2, 0.25) is 0 Å². The largest absolute Gasteiger partial charge is 0.392 e. The van der Waals surface area contributed by atoms with E-state index in [9.17, 15) is 13.9 Å². The molecule has 4 aromatic heterocycles. The molecule has 2 aliphatic rings. The van der Waals surface area contributed by atoms with Crippen molar-refractivity contribution < 1.29 is 13.9 Å². The lowest BCUT2D eigenvalue weighted by Crippen LogP contribution is -2.38. The van der Waals surface area contributed by atoms with Crippen LogP contribution in [0.4, 0.5) is 14.6 Å². The summed E-state index contributed by atoms with van der Waals surface area (Å²) in [4.78, 5) is 9.13. The first kappa shape index (κ1) is 22.1. The normalized spacial score (nSPS) is 20.4. The molecule has 2 aliphatic heterocycles. The van der Waals surface area contributed by atoms with Crippen LogP contribution >= 0.6 is 0 Å². The van der Waals surface area contributed by atoms with Crippen LogP contribution < -0.4 is 10.6 Å². The molecule has 0 bridgehead atoms. The Balaban J connectivity index is 1.41. The Hall–Kier alpha value is -3.37. The SMILES string of the molecule is CC1(C)Cc2c(-c3cn4c(-c5cccc(NC6CNCC6(F)F)n5)cnc4cc3CO)cnn2C1. The fourth-order valence-electron chi connectivity index (χ4n) is 5.15. The molecule has 1 atom stereocenters. The van der Waals surface area contributed by atoms with Crippen LogP contribution in [0.1, 0.15) is 25.1 Å². The molecule has 10 heteroatoms. The number of hydrogen-bond acceptors (Lipinski definition) is 6. The van der Waals surface area contributed by atoms with Crippen molar-refractivity contribution in [2.45, 2.75) is 45.4 Å². The smallest absolute Gasteiger partial charge is 0.281 e. The molecule has 0 spiro atoms. The molecule has 182 valence electrons. The first-order valence-corrected chi connectivity index (χ1v) is 11.7. The van der Waals surface area contributed by atoms with E-state index in [2.05, 4.69) is 39.5 Å². The number of hydrogen-bond donors (Lipinski definition) is 3. The molecule has 0 aliphatic carbocycles. The van der Waals surface area contributed by atoms with Crippen LogP contribution in [-0.4, -0.2) is 54.3 Å². The Kier molecular flexibility index (Phi) is 4.94. The monoisotopic (exact) mass is 479 g/mol. The first-order chi connectivity index (χ1) is 16.7. The highest BCUT2D eigenvalue weighted by atomic mass is 19.3. The maximum atomic E-state index is 14.1. The number of pyridine rings is 2. The van der Waals surface area contributed by atoms with E-state index in [1.54, 1.807) is 18.3 Å². The van der Waals surface area contributed by atoms with Gasteiger partial charge in [-0.1, -0.05) is 19.9 Å². The molecule has 35 heavy (non-hydrogen) atoms. The number of alkyl halides is 2. The second-order valence-corrected chi connectivity index (χ2v) is 10.2. The van der Waals surface area contributed by atoms with Crippen molar-refractivity contribution in [3.63, 3.8) is 0 Å². The number of aliphatic hydroxyl groups is 1. The minimum Gasteiger partial charge on any atom is -0.392 e. The highest BCUT2D eigenvalue weighted by Gasteiger charge is 2.44. The van der Waals surface area contributed by atoms with Gasteiger partial charge in [-0.3, -0.25) is 9.08 Å². The zero-order valence-corrected chi connectivity index (χ0v) is 19.6. The predicted octanol–water partition coefficient (Wildman–Crippen LogP) is 3.35. The van der Waals surface area contributed by atoms with E-state index in [0.717, 1.165) is 41.0 Å². The minimum absolute atomic E-state index is 0.122. The second kappa shape index (κ2) is 7.82. The van der Waals surface area contributed by atoms with Crippen molar-refractivity contribution in [3.05, 3.63) is 54.1 Å². The zero-order chi connectivity index (χ0) is 24.4. The van der Waals surface area contributed by atoms with Gasteiger partial charge < -0.3 is 15.7 Å². The van der Waals surface area contributed by atoms with E-state index in [1.165, 1.54) is 0 Å². The minimum atomic E-state index is -2.84. The summed E-state index contributed by atoms with van der Waals surface area (Å²) in [5, 5.41) is 20.3. The molecule has 6 rings (SSSR count). The van der Waals surface area contributed by atoms with Crippen LogP contribution in [0.5, 0.6) is 0 Å². The number of rotatable bonds is 5. The number of nitrogens with one attached hydrogen (secondary N) is 2. The first-order valence-electron chi connectivity index (χ1n) is 11.7. The second-order valence-electron chi connectivity index (χ2n) is 10.2. The highest BCUT2D eigenvalue weighted by Crippen LogP contribution is 2.38. The third-order valence-electron chi connectivity index (χ3n) is 6.92. The summed E-state index contributed by atoms with van der Waals surface area (Å²) in [6, 6.07) is 6.17. The quantitative estimate of drug-likeness (QED) is 0.407. The molecule has 1 unspecified atom stereocenters. The van der Waals surface area contributed by atoms with Crippen LogP contribution in [0.15, 0.2) is 42.9 Å². The van der Waals surface area contributed by atoms with Crippen molar-refractivity contribution in [2.75, 3.05) is 18.4 Å². The van der Waals surface area contributed by atoms with E-state index in [-0.39, 0.29) is 25.1 Å². The Labute approximate surface area is 201 Å². The summed E-state index contributed by atoms with van der Waals surface area (Å²) >= 11 is 0. The van der Waals surface area contributed by atoms with Gasteiger partial charge in [-0.2, -0.15) is 5.10 Å². The van der Waals surface area contributed by atoms with Gasteiger partial charge >= 0.3 is 0 Å². The van der Waals surface area contributed by atoms with Gasteiger partial charge in [0.15, 0.2) is 0 Å². The maximum absolute atomic E-state index is 14.1. The van der Waals surface area contributed by atoms with E-state index in [4.69, 9.17) is 0 Å². The molecule has 0 aromatic carbocycles. The van der Waals surface area contributed by atoms with Gasteiger partial charge in [0.2, 0.25) is 0 Å². The number of aliphatic hydroxyl groups excluding tert-OH is 1. The number of halogens is 2. The maximum Gasteiger partial charge on any atom is 0.281 e. The zero-order valence-electron chi connectivity index (χ0n) is 19.6. The van der Waals surface area contributed by atoms with Gasteiger partial charge in [0.1, 0.15) is 17.5 Å². The number of fused-ring (bicyclic) bond motifs is 2. The number of anilines is 1. The average molecular weight is 480 g/mol. The summed E-state index contributed by atoms with van der Waals surface area (Å²) < 4.78 is 32.1. The summed E-state index contributed by atoms with van der Waals surface area (Å²) in [6.45, 7) is 5.01. The Morgan fingerprint density at radius 1 is 1.23 bits per heavy atom. The Morgan fingerprint density at radius 3 is 2.86 bits per heavy atom. The standard InChI is InChI=1S/C25H27F2N7O/c1-24(2)7-19-16(8-30-34(19)14-24)17-11-33-20(9-29-23(33)6-15(17)12-35)18-4-3-5-22(31-18)32-21-10-28-13-25(21,26)27/h3-6,8-9,11,21,28,35H,7,10,12-14H2,1-2H3,(H,31,32). The van der Waals surface area contributed by atoms with E-state index in [0.29, 0.717) is 17.2 Å². The van der Waals surface area contributed by atoms with Crippen molar-refractivity contribution in [1.82, 2.24) is 29.5 Å². The molecule has 0 amide bonds. The lowest BCUT2D eigenvalue weighted by molar-refractivity contribution is 0.0138. The third kappa shape index (κ3) is 3.77. The van der Waals surface area contributed by atoms with E-state index in [1.807, 2.05) is 33.6 Å². The molecule has 4 aromatic rings. The summed E-state index contributed by atoms with van der Waals surface area (Å²) in [6.07, 6.45) is 6.44.